The Labute approximate surface area is 134 Å². The first-order valence-corrected chi connectivity index (χ1v) is 7.95. The summed E-state index contributed by atoms with van der Waals surface area (Å²) in [5.74, 6) is 0.522. The number of piperidine rings is 1. The Hall–Kier alpha value is -1.76. The Morgan fingerprint density at radius 3 is 2.70 bits per heavy atom. The van der Waals surface area contributed by atoms with E-state index in [1.165, 1.54) is 12.1 Å². The number of nitrogens with zero attached hydrogens (tertiary/aromatic N) is 2. The minimum Gasteiger partial charge on any atom is -0.390 e. The highest BCUT2D eigenvalue weighted by molar-refractivity contribution is 5.92. The van der Waals surface area contributed by atoms with Crippen molar-refractivity contribution in [3.63, 3.8) is 0 Å². The van der Waals surface area contributed by atoms with Crippen LogP contribution < -0.4 is 10.6 Å². The molecule has 2 atom stereocenters. The average molecular weight is 319 g/mol. The topological polar surface area (TPSA) is 82.6 Å². The predicted molar refractivity (Wildman–Crippen MR) is 87.7 cm³/mol. The van der Waals surface area contributed by atoms with Gasteiger partial charge in [0.15, 0.2) is 0 Å². The van der Waals surface area contributed by atoms with Crippen LogP contribution in [0.1, 0.15) is 12.8 Å². The number of halogens is 1. The van der Waals surface area contributed by atoms with Crippen LogP contribution >= 0.6 is 0 Å². The van der Waals surface area contributed by atoms with Crippen molar-refractivity contribution >= 4 is 16.6 Å². The van der Waals surface area contributed by atoms with Crippen LogP contribution in [-0.2, 0) is 0 Å². The van der Waals surface area contributed by atoms with Gasteiger partial charge in [0.1, 0.15) is 11.6 Å². The maximum Gasteiger partial charge on any atom is 0.136 e. The second-order valence-electron chi connectivity index (χ2n) is 6.12. The van der Waals surface area contributed by atoms with Crippen LogP contribution in [0.15, 0.2) is 30.5 Å². The molecule has 0 radical (unpaired) electrons. The molecule has 6 heteroatoms. The minimum absolute atomic E-state index is 0.0245. The fourth-order valence-electron chi connectivity index (χ4n) is 3.28. The van der Waals surface area contributed by atoms with Crippen molar-refractivity contribution in [3.8, 4) is 0 Å². The molecule has 1 aliphatic heterocycles. The zero-order chi connectivity index (χ0) is 16.4. The smallest absolute Gasteiger partial charge is 0.136 e. The molecule has 124 valence electrons. The number of hydrogen-bond acceptors (Lipinski definition) is 5. The highest BCUT2D eigenvalue weighted by Gasteiger charge is 2.30. The van der Waals surface area contributed by atoms with Gasteiger partial charge in [-0.3, -0.25) is 0 Å². The fourth-order valence-corrected chi connectivity index (χ4v) is 3.28. The van der Waals surface area contributed by atoms with Gasteiger partial charge in [0.25, 0.3) is 0 Å². The van der Waals surface area contributed by atoms with Crippen molar-refractivity contribution < 1.29 is 14.6 Å². The molecule has 0 bridgehead atoms. The molecule has 1 aromatic carbocycles. The molecular formula is C17H22FN3O2. The molecule has 2 aromatic rings. The Morgan fingerprint density at radius 2 is 2.00 bits per heavy atom. The molecule has 4 N–H and O–H groups in total. The van der Waals surface area contributed by atoms with Gasteiger partial charge in [-0.15, -0.1) is 0 Å². The van der Waals surface area contributed by atoms with Crippen LogP contribution in [0, 0.1) is 11.7 Å². The van der Waals surface area contributed by atoms with Gasteiger partial charge in [0.05, 0.1) is 12.2 Å². The van der Waals surface area contributed by atoms with E-state index in [1.54, 1.807) is 12.3 Å². The molecule has 23 heavy (non-hydrogen) atoms. The molecular weight excluding hydrogens is 297 g/mol. The summed E-state index contributed by atoms with van der Waals surface area (Å²) in [6, 6.07) is 6.58. The molecule has 1 saturated heterocycles. The number of hydrogen-bond donors (Lipinski definition) is 3. The summed E-state index contributed by atoms with van der Waals surface area (Å²) in [7, 11) is 0. The molecule has 5 nitrogen and oxygen atoms in total. The van der Waals surface area contributed by atoms with E-state index in [2.05, 4.69) is 9.88 Å². The van der Waals surface area contributed by atoms with E-state index in [4.69, 9.17) is 5.73 Å². The number of aliphatic hydroxyl groups excluding tert-OH is 2. The molecule has 0 amide bonds. The van der Waals surface area contributed by atoms with Crippen LogP contribution in [0.25, 0.3) is 10.8 Å². The van der Waals surface area contributed by atoms with Gasteiger partial charge in [0.2, 0.25) is 0 Å². The average Bonchev–Trinajstić information content (AvgIpc) is 2.60. The molecule has 3 rings (SSSR count). The summed E-state index contributed by atoms with van der Waals surface area (Å²) < 4.78 is 13.6. The van der Waals surface area contributed by atoms with Gasteiger partial charge in [-0.1, -0.05) is 6.07 Å². The van der Waals surface area contributed by atoms with Crippen LogP contribution in [0.2, 0.25) is 0 Å². The predicted octanol–water partition coefficient (Wildman–Crippen LogP) is 1.27. The largest absolute Gasteiger partial charge is 0.390 e. The molecule has 0 unspecified atom stereocenters. The molecule has 1 fully saturated rings. The van der Waals surface area contributed by atoms with E-state index in [1.807, 2.05) is 6.07 Å². The summed E-state index contributed by atoms with van der Waals surface area (Å²) in [5.41, 5.74) is 5.41. The molecule has 0 spiro atoms. The Morgan fingerprint density at radius 1 is 1.26 bits per heavy atom. The number of aromatic nitrogens is 1. The molecule has 1 aromatic heterocycles. The zero-order valence-corrected chi connectivity index (χ0v) is 12.9. The summed E-state index contributed by atoms with van der Waals surface area (Å²) in [6.07, 6.45) is 1.54. The number of benzene rings is 1. The Bertz CT molecular complexity index is 674. The van der Waals surface area contributed by atoms with Crippen LogP contribution in [-0.4, -0.2) is 47.0 Å². The SMILES string of the molecule is NC[C@H](O)[C@@H](O)C1CCN(c2nccc3ccc(F)cc23)CC1. The monoisotopic (exact) mass is 319 g/mol. The number of aliphatic hydroxyl groups is 2. The number of rotatable bonds is 4. The highest BCUT2D eigenvalue weighted by Crippen LogP contribution is 2.30. The van der Waals surface area contributed by atoms with E-state index in [-0.39, 0.29) is 18.3 Å². The Kier molecular flexibility index (Phi) is 4.75. The second-order valence-corrected chi connectivity index (χ2v) is 6.12. The first-order valence-electron chi connectivity index (χ1n) is 7.95. The number of fused-ring (bicyclic) bond motifs is 1. The maximum absolute atomic E-state index is 13.6. The lowest BCUT2D eigenvalue weighted by molar-refractivity contribution is -0.0185. The molecule has 1 aliphatic rings. The lowest BCUT2D eigenvalue weighted by atomic mass is 9.88. The van der Waals surface area contributed by atoms with E-state index < -0.39 is 12.2 Å². The molecule has 2 heterocycles. The third-order valence-electron chi connectivity index (χ3n) is 4.67. The van der Waals surface area contributed by atoms with Gasteiger partial charge in [-0.05, 0) is 42.3 Å². The van der Waals surface area contributed by atoms with Gasteiger partial charge in [0, 0.05) is 31.2 Å². The first kappa shape index (κ1) is 16.1. The summed E-state index contributed by atoms with van der Waals surface area (Å²) >= 11 is 0. The van der Waals surface area contributed by atoms with E-state index in [0.29, 0.717) is 13.1 Å². The first-order chi connectivity index (χ1) is 11.1. The van der Waals surface area contributed by atoms with Crippen molar-refractivity contribution in [1.29, 1.82) is 0 Å². The van der Waals surface area contributed by atoms with Crippen LogP contribution in [0.3, 0.4) is 0 Å². The van der Waals surface area contributed by atoms with Crippen molar-refractivity contribution in [2.75, 3.05) is 24.5 Å². The molecule has 0 aliphatic carbocycles. The van der Waals surface area contributed by atoms with Crippen molar-refractivity contribution in [3.05, 3.63) is 36.3 Å². The van der Waals surface area contributed by atoms with Gasteiger partial charge in [-0.25, -0.2) is 9.37 Å². The maximum atomic E-state index is 13.6. The minimum atomic E-state index is -0.878. The quantitative estimate of drug-likeness (QED) is 0.790. The summed E-state index contributed by atoms with van der Waals surface area (Å²) in [5, 5.41) is 21.5. The summed E-state index contributed by atoms with van der Waals surface area (Å²) in [4.78, 5) is 6.53. The van der Waals surface area contributed by atoms with E-state index in [0.717, 1.165) is 29.4 Å². The van der Waals surface area contributed by atoms with E-state index >= 15 is 0 Å². The zero-order valence-electron chi connectivity index (χ0n) is 12.9. The standard InChI is InChI=1S/C17H22FN3O2/c18-13-2-1-11-3-6-20-17(14(11)9-13)21-7-4-12(5-8-21)16(23)15(22)10-19/h1-3,6,9,12,15-16,22-23H,4-5,7-8,10,19H2/t15-,16-/m0/s1. The van der Waals surface area contributed by atoms with Gasteiger partial charge in [-0.2, -0.15) is 0 Å². The number of anilines is 1. The Balaban J connectivity index is 1.77. The lowest BCUT2D eigenvalue weighted by Gasteiger charge is -2.36. The lowest BCUT2D eigenvalue weighted by Crippen LogP contribution is -2.44. The normalized spacial score (nSPS) is 19.0. The summed E-state index contributed by atoms with van der Waals surface area (Å²) in [6.45, 7) is 1.48. The van der Waals surface area contributed by atoms with Gasteiger partial charge < -0.3 is 20.8 Å². The third kappa shape index (κ3) is 3.29. The number of pyridine rings is 1. The van der Waals surface area contributed by atoms with Crippen molar-refractivity contribution in [2.45, 2.75) is 25.0 Å². The number of nitrogens with two attached hydrogens (primary N) is 1. The van der Waals surface area contributed by atoms with Crippen LogP contribution in [0.4, 0.5) is 10.2 Å². The van der Waals surface area contributed by atoms with Crippen molar-refractivity contribution in [2.24, 2.45) is 11.7 Å². The second kappa shape index (κ2) is 6.78. The fraction of sp³-hybridized carbons (Fsp3) is 0.471. The van der Waals surface area contributed by atoms with E-state index in [9.17, 15) is 14.6 Å². The molecule has 0 saturated carbocycles. The third-order valence-corrected chi connectivity index (χ3v) is 4.67. The van der Waals surface area contributed by atoms with Crippen molar-refractivity contribution in [1.82, 2.24) is 4.98 Å². The van der Waals surface area contributed by atoms with Crippen LogP contribution in [0.5, 0.6) is 0 Å². The highest BCUT2D eigenvalue weighted by atomic mass is 19.1. The van der Waals surface area contributed by atoms with Gasteiger partial charge >= 0.3 is 0 Å².